The van der Waals surface area contributed by atoms with Crippen LogP contribution in [0.3, 0.4) is 0 Å². The molecule has 0 radical (unpaired) electrons. The van der Waals surface area contributed by atoms with Crippen LogP contribution in [-0.4, -0.2) is 47.4 Å². The number of H-pyrrole nitrogens is 1. The number of halogens is 4. The number of fused-ring (bicyclic) bond motifs is 1. The summed E-state index contributed by atoms with van der Waals surface area (Å²) < 4.78 is 58.8. The van der Waals surface area contributed by atoms with Gasteiger partial charge in [-0.15, -0.1) is 0 Å². The van der Waals surface area contributed by atoms with E-state index in [0.717, 1.165) is 30.8 Å². The normalized spacial score (nSPS) is 14.1. The second-order valence-corrected chi connectivity index (χ2v) is 9.22. The Kier molecular flexibility index (Phi) is 7.29. The van der Waals surface area contributed by atoms with E-state index >= 15 is 0 Å². The summed E-state index contributed by atoms with van der Waals surface area (Å²) >= 11 is 0. The number of aromatic amines is 1. The number of urea groups is 1. The van der Waals surface area contributed by atoms with Crippen LogP contribution in [-0.2, 0) is 6.18 Å². The second-order valence-electron chi connectivity index (χ2n) is 9.22. The molecule has 1 aliphatic rings. The van der Waals surface area contributed by atoms with Gasteiger partial charge in [-0.2, -0.15) is 18.3 Å². The first-order chi connectivity index (χ1) is 18.7. The molecule has 1 saturated heterocycles. The fourth-order valence-electron chi connectivity index (χ4n) is 4.60. The number of anilines is 3. The van der Waals surface area contributed by atoms with Crippen LogP contribution in [0.1, 0.15) is 18.4 Å². The van der Waals surface area contributed by atoms with Gasteiger partial charge in [-0.05, 0) is 79.5 Å². The molecule has 12 heteroatoms. The number of nitrogens with two attached hydrogens (primary N) is 1. The van der Waals surface area contributed by atoms with Gasteiger partial charge in [-0.25, -0.2) is 9.18 Å². The highest BCUT2D eigenvalue weighted by molar-refractivity contribution is 6.04. The van der Waals surface area contributed by atoms with Crippen LogP contribution in [0.15, 0.2) is 54.6 Å². The molecule has 8 nitrogen and oxygen atoms in total. The van der Waals surface area contributed by atoms with Gasteiger partial charge in [0.2, 0.25) is 0 Å². The van der Waals surface area contributed by atoms with Crippen LogP contribution in [0.25, 0.3) is 22.0 Å². The van der Waals surface area contributed by atoms with Gasteiger partial charge in [0.1, 0.15) is 23.7 Å². The lowest BCUT2D eigenvalue weighted by Gasteiger charge is -2.16. The van der Waals surface area contributed by atoms with E-state index in [-0.39, 0.29) is 0 Å². The minimum Gasteiger partial charge on any atom is -0.490 e. The minimum atomic E-state index is -4.67. The zero-order valence-corrected chi connectivity index (χ0v) is 20.7. The zero-order valence-electron chi connectivity index (χ0n) is 20.7. The number of nitrogens with zero attached hydrogens (tertiary/aromatic N) is 2. The molecule has 0 bridgehead atoms. The van der Waals surface area contributed by atoms with Crippen molar-refractivity contribution < 1.29 is 27.1 Å². The van der Waals surface area contributed by atoms with Gasteiger partial charge in [0.05, 0.1) is 16.6 Å². The van der Waals surface area contributed by atoms with Crippen molar-refractivity contribution in [3.8, 4) is 16.9 Å². The number of rotatable bonds is 7. The topological polar surface area (TPSA) is 108 Å². The summed E-state index contributed by atoms with van der Waals surface area (Å²) in [7, 11) is 0. The number of likely N-dealkylation sites (tertiary alicyclic amines) is 1. The molecule has 0 spiro atoms. The molecule has 2 amide bonds. The van der Waals surface area contributed by atoms with Crippen molar-refractivity contribution in [2.24, 2.45) is 0 Å². The predicted octanol–water partition coefficient (Wildman–Crippen LogP) is 6.09. The second kappa shape index (κ2) is 10.8. The monoisotopic (exact) mass is 542 g/mol. The number of alkyl halides is 3. The number of hydrogen-bond donors (Lipinski definition) is 4. The average molecular weight is 543 g/mol. The Balaban J connectivity index is 1.28. The molecule has 4 aromatic rings. The molecular formula is C27H26F4N6O2. The van der Waals surface area contributed by atoms with Gasteiger partial charge in [0.25, 0.3) is 0 Å². The Morgan fingerprint density at radius 1 is 1.05 bits per heavy atom. The first kappa shape index (κ1) is 26.3. The highest BCUT2D eigenvalue weighted by Crippen LogP contribution is 2.37. The van der Waals surface area contributed by atoms with Crippen LogP contribution in [0, 0.1) is 5.82 Å². The van der Waals surface area contributed by atoms with E-state index < -0.39 is 29.3 Å². The van der Waals surface area contributed by atoms with E-state index in [2.05, 4.69) is 25.7 Å². The molecule has 39 heavy (non-hydrogen) atoms. The van der Waals surface area contributed by atoms with E-state index in [1.807, 2.05) is 12.1 Å². The van der Waals surface area contributed by atoms with Gasteiger partial charge in [-0.3, -0.25) is 10.00 Å². The summed E-state index contributed by atoms with van der Waals surface area (Å²) in [5.41, 5.74) is 7.11. The number of nitrogens with one attached hydrogen (secondary N) is 3. The van der Waals surface area contributed by atoms with Crippen molar-refractivity contribution in [2.75, 3.05) is 42.6 Å². The third-order valence-corrected chi connectivity index (χ3v) is 6.57. The average Bonchev–Trinajstić information content (AvgIpc) is 3.56. The maximum Gasteiger partial charge on any atom is 0.416 e. The fourth-order valence-corrected chi connectivity index (χ4v) is 4.60. The summed E-state index contributed by atoms with van der Waals surface area (Å²) in [4.78, 5) is 14.7. The molecule has 5 N–H and O–H groups in total. The quantitative estimate of drug-likeness (QED) is 0.212. The van der Waals surface area contributed by atoms with E-state index in [1.165, 1.54) is 12.8 Å². The highest BCUT2D eigenvalue weighted by Gasteiger charge is 2.31. The van der Waals surface area contributed by atoms with Gasteiger partial charge in [0, 0.05) is 12.2 Å². The third kappa shape index (κ3) is 5.90. The van der Waals surface area contributed by atoms with Crippen LogP contribution in [0.5, 0.6) is 5.75 Å². The number of ether oxygens (including phenoxy) is 1. The number of aromatic nitrogens is 2. The van der Waals surface area contributed by atoms with Gasteiger partial charge in [-0.1, -0.05) is 12.1 Å². The fraction of sp³-hybridized carbons (Fsp3) is 0.259. The Labute approximate surface area is 221 Å². The number of amides is 2. The predicted molar refractivity (Wildman–Crippen MR) is 141 cm³/mol. The molecule has 1 aliphatic heterocycles. The summed E-state index contributed by atoms with van der Waals surface area (Å²) in [5, 5.41) is 12.4. The van der Waals surface area contributed by atoms with Gasteiger partial charge in [0.15, 0.2) is 5.82 Å². The number of hydrogen-bond acceptors (Lipinski definition) is 5. The number of benzene rings is 3. The molecule has 2 heterocycles. The van der Waals surface area contributed by atoms with Crippen LogP contribution in [0.2, 0.25) is 0 Å². The third-order valence-electron chi connectivity index (χ3n) is 6.57. The molecule has 0 aliphatic carbocycles. The minimum absolute atomic E-state index is 0.315. The maximum absolute atomic E-state index is 14.0. The van der Waals surface area contributed by atoms with Crippen molar-refractivity contribution >= 4 is 34.1 Å². The molecule has 5 rings (SSSR count). The lowest BCUT2D eigenvalue weighted by molar-refractivity contribution is -0.137. The van der Waals surface area contributed by atoms with E-state index in [0.29, 0.717) is 53.0 Å². The molecule has 204 valence electrons. The van der Waals surface area contributed by atoms with Crippen LogP contribution < -0.4 is 21.1 Å². The Morgan fingerprint density at radius 2 is 1.79 bits per heavy atom. The molecular weight excluding hydrogens is 516 g/mol. The van der Waals surface area contributed by atoms with Crippen LogP contribution >= 0.6 is 0 Å². The van der Waals surface area contributed by atoms with E-state index in [9.17, 15) is 22.4 Å². The van der Waals surface area contributed by atoms with E-state index in [4.69, 9.17) is 10.5 Å². The summed E-state index contributed by atoms with van der Waals surface area (Å²) in [6, 6.07) is 11.3. The van der Waals surface area contributed by atoms with Gasteiger partial charge >= 0.3 is 12.2 Å². The van der Waals surface area contributed by atoms with Crippen molar-refractivity contribution in [1.29, 1.82) is 0 Å². The lowest BCUT2D eigenvalue weighted by Crippen LogP contribution is -2.25. The smallest absolute Gasteiger partial charge is 0.416 e. The van der Waals surface area contributed by atoms with Crippen LogP contribution in [0.4, 0.5) is 39.5 Å². The summed E-state index contributed by atoms with van der Waals surface area (Å²) in [6.07, 6.45) is -2.25. The number of nitrogen functional groups attached to an aromatic ring is 1. The lowest BCUT2D eigenvalue weighted by atomic mass is 10.0. The number of carbonyl (C=O) groups excluding carboxylic acids is 1. The van der Waals surface area contributed by atoms with E-state index in [1.54, 1.807) is 24.3 Å². The standard InChI is InChI=1S/C27H26F4N6O2/c28-20-9-5-17(27(29,30)31)15-21(20)34-26(38)33-18-6-3-16(4-7-18)19-8-10-22(24-23(19)25(32)36-35-24)39-14-13-37-11-1-2-12-37/h3-10,15H,1-2,11-14H2,(H3,32,35,36)(H2,33,34,38). The molecule has 1 aromatic heterocycles. The van der Waals surface area contributed by atoms with Crippen molar-refractivity contribution in [1.82, 2.24) is 15.1 Å². The van der Waals surface area contributed by atoms with Crippen molar-refractivity contribution in [3.63, 3.8) is 0 Å². The Morgan fingerprint density at radius 3 is 2.51 bits per heavy atom. The maximum atomic E-state index is 14.0. The Bertz CT molecular complexity index is 1480. The highest BCUT2D eigenvalue weighted by atomic mass is 19.4. The molecule has 1 fully saturated rings. The first-order valence-corrected chi connectivity index (χ1v) is 12.4. The Hall–Kier alpha value is -4.32. The van der Waals surface area contributed by atoms with Crippen molar-refractivity contribution in [3.05, 3.63) is 66.0 Å². The van der Waals surface area contributed by atoms with Crippen molar-refractivity contribution in [2.45, 2.75) is 19.0 Å². The number of carbonyl (C=O) groups is 1. The molecule has 0 unspecified atom stereocenters. The first-order valence-electron chi connectivity index (χ1n) is 12.4. The molecule has 0 saturated carbocycles. The molecule has 0 atom stereocenters. The molecule has 3 aromatic carbocycles. The zero-order chi connectivity index (χ0) is 27.6. The largest absolute Gasteiger partial charge is 0.490 e. The SMILES string of the molecule is Nc1n[nH]c2c(OCCN3CCCC3)ccc(-c3ccc(NC(=O)Nc4cc(C(F)(F)F)ccc4F)cc3)c12. The summed E-state index contributed by atoms with van der Waals surface area (Å²) in [5.74, 6) is -0.0256. The van der Waals surface area contributed by atoms with Gasteiger partial charge < -0.3 is 21.1 Å². The summed E-state index contributed by atoms with van der Waals surface area (Å²) in [6.45, 7) is 3.56.